The Bertz CT molecular complexity index is 644. The van der Waals surface area contributed by atoms with Crippen molar-refractivity contribution in [1.82, 2.24) is 9.97 Å². The zero-order valence-corrected chi connectivity index (χ0v) is 10.8. The average molecular weight is 277 g/mol. The highest BCUT2D eigenvalue weighted by Gasteiger charge is 2.16. The van der Waals surface area contributed by atoms with Crippen LogP contribution in [0.1, 0.15) is 5.69 Å². The van der Waals surface area contributed by atoms with Crippen LogP contribution in [0.3, 0.4) is 0 Å². The summed E-state index contributed by atoms with van der Waals surface area (Å²) in [5, 5.41) is 10.8. The molecule has 0 spiro atoms. The average Bonchev–Trinajstić information content (AvgIpc) is 2.38. The predicted molar refractivity (Wildman–Crippen MR) is 70.4 cm³/mol. The standard InChI is InChI=1S/C13H12FN3O3/c1-7-5-16-11(6-15-7)9-3-8(14)4-10(12(9)20-2)17-13(18)19/h3-6,17H,1-2H3,(H,18,19). The minimum absolute atomic E-state index is 0.0115. The molecule has 0 aliphatic rings. The summed E-state index contributed by atoms with van der Waals surface area (Å²) in [6.07, 6.45) is 1.69. The largest absolute Gasteiger partial charge is 0.494 e. The Hall–Kier alpha value is -2.70. The Labute approximate surface area is 114 Å². The first-order valence-corrected chi connectivity index (χ1v) is 5.67. The molecule has 6 nitrogen and oxygen atoms in total. The molecule has 1 amide bonds. The summed E-state index contributed by atoms with van der Waals surface area (Å²) in [4.78, 5) is 18.9. The number of methoxy groups -OCH3 is 1. The molecule has 0 unspecified atom stereocenters. The summed E-state index contributed by atoms with van der Waals surface area (Å²) >= 11 is 0. The second-order valence-electron chi connectivity index (χ2n) is 4.01. The third kappa shape index (κ3) is 2.82. The Balaban J connectivity index is 2.59. The fourth-order valence-electron chi connectivity index (χ4n) is 1.74. The van der Waals surface area contributed by atoms with Gasteiger partial charge in [0.1, 0.15) is 5.82 Å². The normalized spacial score (nSPS) is 10.2. The van der Waals surface area contributed by atoms with E-state index in [4.69, 9.17) is 9.84 Å². The number of nitrogens with zero attached hydrogens (tertiary/aromatic N) is 2. The topological polar surface area (TPSA) is 84.3 Å². The van der Waals surface area contributed by atoms with E-state index in [1.807, 2.05) is 0 Å². The number of ether oxygens (including phenoxy) is 1. The maximum atomic E-state index is 13.6. The number of benzene rings is 1. The summed E-state index contributed by atoms with van der Waals surface area (Å²) < 4.78 is 18.8. The van der Waals surface area contributed by atoms with E-state index in [0.717, 1.165) is 6.07 Å². The zero-order chi connectivity index (χ0) is 14.7. The summed E-state index contributed by atoms with van der Waals surface area (Å²) in [5.74, 6) is -0.418. The highest BCUT2D eigenvalue weighted by molar-refractivity contribution is 5.88. The number of nitrogens with one attached hydrogen (secondary N) is 1. The SMILES string of the molecule is COc1c(NC(=O)O)cc(F)cc1-c1cnc(C)cn1. The monoisotopic (exact) mass is 277 g/mol. The van der Waals surface area contributed by atoms with E-state index in [1.54, 1.807) is 6.92 Å². The van der Waals surface area contributed by atoms with Gasteiger partial charge in [-0.05, 0) is 13.0 Å². The number of hydrogen-bond acceptors (Lipinski definition) is 4. The molecule has 0 aliphatic carbocycles. The van der Waals surface area contributed by atoms with E-state index in [-0.39, 0.29) is 11.4 Å². The number of rotatable bonds is 3. The van der Waals surface area contributed by atoms with Crippen LogP contribution in [-0.4, -0.2) is 28.3 Å². The van der Waals surface area contributed by atoms with Gasteiger partial charge >= 0.3 is 6.09 Å². The molecule has 0 bridgehead atoms. The number of carboxylic acid groups (broad SMARTS) is 1. The molecule has 0 fully saturated rings. The molecule has 1 aromatic heterocycles. The maximum Gasteiger partial charge on any atom is 0.409 e. The van der Waals surface area contributed by atoms with Gasteiger partial charge in [-0.1, -0.05) is 0 Å². The minimum Gasteiger partial charge on any atom is -0.494 e. The quantitative estimate of drug-likeness (QED) is 0.901. The van der Waals surface area contributed by atoms with Crippen LogP contribution in [0.5, 0.6) is 5.75 Å². The van der Waals surface area contributed by atoms with Crippen molar-refractivity contribution in [2.24, 2.45) is 0 Å². The number of halogens is 1. The Morgan fingerprint density at radius 2 is 2.10 bits per heavy atom. The molecule has 2 aromatic rings. The highest BCUT2D eigenvalue weighted by atomic mass is 19.1. The first-order valence-electron chi connectivity index (χ1n) is 5.67. The Morgan fingerprint density at radius 3 is 2.65 bits per heavy atom. The molecule has 20 heavy (non-hydrogen) atoms. The van der Waals surface area contributed by atoms with Gasteiger partial charge in [0.05, 0.1) is 30.4 Å². The van der Waals surface area contributed by atoms with Crippen LogP contribution in [0.4, 0.5) is 14.9 Å². The van der Waals surface area contributed by atoms with Gasteiger partial charge in [-0.3, -0.25) is 15.3 Å². The lowest BCUT2D eigenvalue weighted by Crippen LogP contribution is -2.09. The lowest BCUT2D eigenvalue weighted by molar-refractivity contribution is 0.209. The molecule has 2 rings (SSSR count). The predicted octanol–water partition coefficient (Wildman–Crippen LogP) is 2.69. The van der Waals surface area contributed by atoms with Crippen molar-refractivity contribution < 1.29 is 19.0 Å². The van der Waals surface area contributed by atoms with Gasteiger partial charge in [0.2, 0.25) is 0 Å². The summed E-state index contributed by atoms with van der Waals surface area (Å²) in [6.45, 7) is 1.77. The first kappa shape index (κ1) is 13.7. The molecule has 0 aliphatic heterocycles. The summed E-state index contributed by atoms with van der Waals surface area (Å²) in [6, 6.07) is 2.25. The molecule has 7 heteroatoms. The van der Waals surface area contributed by atoms with Crippen LogP contribution in [0.25, 0.3) is 11.3 Å². The number of anilines is 1. The van der Waals surface area contributed by atoms with Gasteiger partial charge in [0.25, 0.3) is 0 Å². The Morgan fingerprint density at radius 1 is 1.35 bits per heavy atom. The van der Waals surface area contributed by atoms with Gasteiger partial charge < -0.3 is 9.84 Å². The smallest absolute Gasteiger partial charge is 0.409 e. The molecule has 0 saturated heterocycles. The molecule has 1 aromatic carbocycles. The molecular formula is C13H12FN3O3. The van der Waals surface area contributed by atoms with Crippen molar-refractivity contribution in [2.75, 3.05) is 12.4 Å². The molecule has 1 heterocycles. The van der Waals surface area contributed by atoms with Crippen molar-refractivity contribution in [3.8, 4) is 17.0 Å². The summed E-state index contributed by atoms with van der Waals surface area (Å²) in [5.41, 5.74) is 1.44. The molecule has 104 valence electrons. The second-order valence-corrected chi connectivity index (χ2v) is 4.01. The van der Waals surface area contributed by atoms with E-state index in [1.165, 1.54) is 25.6 Å². The van der Waals surface area contributed by atoms with Crippen LogP contribution < -0.4 is 10.1 Å². The van der Waals surface area contributed by atoms with E-state index in [2.05, 4.69) is 15.3 Å². The van der Waals surface area contributed by atoms with Crippen molar-refractivity contribution >= 4 is 11.8 Å². The number of amides is 1. The van der Waals surface area contributed by atoms with Crippen LogP contribution >= 0.6 is 0 Å². The molecule has 2 N–H and O–H groups in total. The van der Waals surface area contributed by atoms with Crippen molar-refractivity contribution in [3.05, 3.63) is 36.0 Å². The first-order chi connectivity index (χ1) is 9.51. The van der Waals surface area contributed by atoms with Crippen LogP contribution in [-0.2, 0) is 0 Å². The molecule has 0 radical (unpaired) electrons. The highest BCUT2D eigenvalue weighted by Crippen LogP contribution is 2.36. The van der Waals surface area contributed by atoms with Gasteiger partial charge in [-0.15, -0.1) is 0 Å². The van der Waals surface area contributed by atoms with E-state index >= 15 is 0 Å². The van der Waals surface area contributed by atoms with E-state index in [0.29, 0.717) is 17.0 Å². The van der Waals surface area contributed by atoms with Gasteiger partial charge in [0, 0.05) is 17.8 Å². The zero-order valence-electron chi connectivity index (χ0n) is 10.8. The van der Waals surface area contributed by atoms with Gasteiger partial charge in [0.15, 0.2) is 5.75 Å². The number of carbonyl (C=O) groups is 1. The fraction of sp³-hybridized carbons (Fsp3) is 0.154. The van der Waals surface area contributed by atoms with E-state index in [9.17, 15) is 9.18 Å². The lowest BCUT2D eigenvalue weighted by atomic mass is 10.1. The van der Waals surface area contributed by atoms with E-state index < -0.39 is 11.9 Å². The lowest BCUT2D eigenvalue weighted by Gasteiger charge is -2.13. The maximum absolute atomic E-state index is 13.6. The van der Waals surface area contributed by atoms with Crippen molar-refractivity contribution in [2.45, 2.75) is 6.92 Å². The van der Waals surface area contributed by atoms with Gasteiger partial charge in [-0.25, -0.2) is 9.18 Å². The fourth-order valence-corrected chi connectivity index (χ4v) is 1.74. The molecule has 0 atom stereocenters. The number of aromatic nitrogens is 2. The van der Waals surface area contributed by atoms with Crippen LogP contribution in [0.15, 0.2) is 24.5 Å². The molecule has 0 saturated carbocycles. The number of aryl methyl sites for hydroxylation is 1. The third-order valence-corrected chi connectivity index (χ3v) is 2.56. The van der Waals surface area contributed by atoms with Crippen LogP contribution in [0, 0.1) is 12.7 Å². The number of hydrogen-bond donors (Lipinski definition) is 2. The minimum atomic E-state index is -1.31. The van der Waals surface area contributed by atoms with Crippen molar-refractivity contribution in [1.29, 1.82) is 0 Å². The Kier molecular flexibility index (Phi) is 3.79. The molecular weight excluding hydrogens is 265 g/mol. The van der Waals surface area contributed by atoms with Crippen LogP contribution in [0.2, 0.25) is 0 Å². The summed E-state index contributed by atoms with van der Waals surface area (Å²) in [7, 11) is 1.37. The van der Waals surface area contributed by atoms with Crippen molar-refractivity contribution in [3.63, 3.8) is 0 Å². The second kappa shape index (κ2) is 5.52. The third-order valence-electron chi connectivity index (χ3n) is 2.56. The van der Waals surface area contributed by atoms with Gasteiger partial charge in [-0.2, -0.15) is 0 Å².